The minimum absolute atomic E-state index is 0.274. The van der Waals surface area contributed by atoms with E-state index in [9.17, 15) is 0 Å². The van der Waals surface area contributed by atoms with Crippen LogP contribution in [0.2, 0.25) is 0 Å². The number of hydrogen-bond acceptors (Lipinski definition) is 2. The second-order valence-electron chi connectivity index (χ2n) is 4.59. The molecule has 1 saturated heterocycles. The fourth-order valence-corrected chi connectivity index (χ4v) is 1.69. The quantitative estimate of drug-likeness (QED) is 0.688. The second kappa shape index (κ2) is 4.77. The van der Waals surface area contributed by atoms with Crippen LogP contribution in [0.3, 0.4) is 0 Å². The van der Waals surface area contributed by atoms with Crippen molar-refractivity contribution in [3.05, 3.63) is 35.9 Å². The van der Waals surface area contributed by atoms with Crippen LogP contribution >= 0.6 is 0 Å². The summed E-state index contributed by atoms with van der Waals surface area (Å²) in [4.78, 5) is 0. The molecule has 82 valence electrons. The van der Waals surface area contributed by atoms with E-state index in [2.05, 4.69) is 31.2 Å². The van der Waals surface area contributed by atoms with Crippen molar-refractivity contribution in [3.63, 3.8) is 0 Å². The summed E-state index contributed by atoms with van der Waals surface area (Å²) in [5.74, 6) is 0. The molecule has 0 N–H and O–H groups in total. The first-order chi connectivity index (χ1) is 7.29. The first kappa shape index (κ1) is 10.7. The van der Waals surface area contributed by atoms with Gasteiger partial charge in [-0.1, -0.05) is 37.3 Å². The van der Waals surface area contributed by atoms with Gasteiger partial charge in [0.25, 0.3) is 0 Å². The lowest BCUT2D eigenvalue weighted by Crippen LogP contribution is -2.43. The topological polar surface area (TPSA) is 18.5 Å². The third-order valence-electron chi connectivity index (χ3n) is 2.73. The van der Waals surface area contributed by atoms with Gasteiger partial charge in [-0.05, 0) is 12.0 Å². The van der Waals surface area contributed by atoms with Gasteiger partial charge in [-0.2, -0.15) is 0 Å². The summed E-state index contributed by atoms with van der Waals surface area (Å²) in [6.45, 7) is 5.52. The molecule has 2 nitrogen and oxygen atoms in total. The lowest BCUT2D eigenvalue weighted by Gasteiger charge is -2.37. The molecule has 2 heteroatoms. The van der Waals surface area contributed by atoms with E-state index in [1.54, 1.807) is 0 Å². The van der Waals surface area contributed by atoms with Crippen LogP contribution in [-0.4, -0.2) is 26.4 Å². The molecule has 1 aromatic carbocycles. The molecule has 0 radical (unpaired) electrons. The Bertz CT molecular complexity index is 291. The van der Waals surface area contributed by atoms with Gasteiger partial charge in [0.2, 0.25) is 0 Å². The largest absolute Gasteiger partial charge is 0.380 e. The van der Waals surface area contributed by atoms with E-state index in [0.29, 0.717) is 0 Å². The maximum absolute atomic E-state index is 5.66. The molecule has 1 aliphatic rings. The van der Waals surface area contributed by atoms with Crippen LogP contribution in [0.5, 0.6) is 0 Å². The molecule has 15 heavy (non-hydrogen) atoms. The molecule has 1 aromatic rings. The average molecular weight is 206 g/mol. The van der Waals surface area contributed by atoms with Crippen molar-refractivity contribution in [3.8, 4) is 0 Å². The molecule has 0 amide bonds. The van der Waals surface area contributed by atoms with Crippen molar-refractivity contribution in [2.24, 2.45) is 5.41 Å². The van der Waals surface area contributed by atoms with Gasteiger partial charge < -0.3 is 9.47 Å². The van der Waals surface area contributed by atoms with Gasteiger partial charge in [0.1, 0.15) is 0 Å². The lowest BCUT2D eigenvalue weighted by molar-refractivity contribution is -0.137. The molecule has 0 unspecified atom stereocenters. The van der Waals surface area contributed by atoms with Crippen LogP contribution in [0.25, 0.3) is 0 Å². The first-order valence-corrected chi connectivity index (χ1v) is 5.48. The van der Waals surface area contributed by atoms with Crippen molar-refractivity contribution in [2.75, 3.05) is 26.4 Å². The molecule has 0 saturated carbocycles. The van der Waals surface area contributed by atoms with Crippen molar-refractivity contribution >= 4 is 0 Å². The minimum Gasteiger partial charge on any atom is -0.380 e. The summed E-state index contributed by atoms with van der Waals surface area (Å²) in [6, 6.07) is 10.4. The molecule has 1 heterocycles. The normalized spacial score (nSPS) is 18.5. The van der Waals surface area contributed by atoms with Crippen LogP contribution in [0.4, 0.5) is 0 Å². The van der Waals surface area contributed by atoms with Gasteiger partial charge in [-0.25, -0.2) is 0 Å². The van der Waals surface area contributed by atoms with Crippen molar-refractivity contribution in [1.82, 2.24) is 0 Å². The Balaban J connectivity index is 1.63. The molecule has 0 aromatic heterocycles. The van der Waals surface area contributed by atoms with Crippen LogP contribution < -0.4 is 0 Å². The van der Waals surface area contributed by atoms with Crippen molar-refractivity contribution in [1.29, 1.82) is 0 Å². The van der Waals surface area contributed by atoms with Crippen molar-refractivity contribution < 1.29 is 9.47 Å². The molecule has 0 aliphatic carbocycles. The van der Waals surface area contributed by atoms with Gasteiger partial charge in [0, 0.05) is 5.41 Å². The number of rotatable bonds is 5. The molecule has 2 rings (SSSR count). The Kier molecular flexibility index (Phi) is 3.39. The Morgan fingerprint density at radius 3 is 2.60 bits per heavy atom. The summed E-state index contributed by atoms with van der Waals surface area (Å²) in [7, 11) is 0. The third-order valence-corrected chi connectivity index (χ3v) is 2.73. The van der Waals surface area contributed by atoms with E-state index in [4.69, 9.17) is 9.47 Å². The predicted molar refractivity (Wildman–Crippen MR) is 59.9 cm³/mol. The van der Waals surface area contributed by atoms with Crippen LogP contribution in [-0.2, 0) is 15.9 Å². The maximum Gasteiger partial charge on any atom is 0.0564 e. The Morgan fingerprint density at radius 2 is 2.00 bits per heavy atom. The zero-order chi connectivity index (χ0) is 10.6. The monoisotopic (exact) mass is 206 g/mol. The summed E-state index contributed by atoms with van der Waals surface area (Å²) < 4.78 is 10.8. The van der Waals surface area contributed by atoms with E-state index in [1.807, 2.05) is 6.07 Å². The standard InChI is InChI=1S/C13H18O2/c1-13(10-15-11-13)9-14-8-7-12-5-3-2-4-6-12/h2-6H,7-11H2,1H3. The van der Waals surface area contributed by atoms with E-state index in [1.165, 1.54) is 5.56 Å². The van der Waals surface area contributed by atoms with Crippen LogP contribution in [0.15, 0.2) is 30.3 Å². The third kappa shape index (κ3) is 3.05. The molecule has 0 spiro atoms. The Hall–Kier alpha value is -0.860. The minimum atomic E-state index is 0.274. The summed E-state index contributed by atoms with van der Waals surface area (Å²) in [5.41, 5.74) is 1.61. The number of hydrogen-bond donors (Lipinski definition) is 0. The highest BCUT2D eigenvalue weighted by molar-refractivity contribution is 5.14. The highest BCUT2D eigenvalue weighted by Gasteiger charge is 2.33. The molecular weight excluding hydrogens is 188 g/mol. The highest BCUT2D eigenvalue weighted by atomic mass is 16.5. The van der Waals surface area contributed by atoms with E-state index in [0.717, 1.165) is 32.8 Å². The van der Waals surface area contributed by atoms with Gasteiger partial charge in [0.05, 0.1) is 26.4 Å². The van der Waals surface area contributed by atoms with Gasteiger partial charge in [0.15, 0.2) is 0 Å². The predicted octanol–water partition coefficient (Wildman–Crippen LogP) is 2.28. The molecule has 1 aliphatic heterocycles. The zero-order valence-corrected chi connectivity index (χ0v) is 9.24. The highest BCUT2D eigenvalue weighted by Crippen LogP contribution is 2.26. The molecule has 0 atom stereocenters. The molecule has 1 fully saturated rings. The van der Waals surface area contributed by atoms with Crippen LogP contribution in [0, 0.1) is 5.41 Å². The fraction of sp³-hybridized carbons (Fsp3) is 0.538. The maximum atomic E-state index is 5.66. The van der Waals surface area contributed by atoms with E-state index >= 15 is 0 Å². The summed E-state index contributed by atoms with van der Waals surface area (Å²) in [6.07, 6.45) is 0.998. The van der Waals surface area contributed by atoms with Crippen molar-refractivity contribution in [2.45, 2.75) is 13.3 Å². The second-order valence-corrected chi connectivity index (χ2v) is 4.59. The Morgan fingerprint density at radius 1 is 1.27 bits per heavy atom. The SMILES string of the molecule is CC1(COCCc2ccccc2)COC1. The van der Waals surface area contributed by atoms with E-state index in [-0.39, 0.29) is 5.41 Å². The number of benzene rings is 1. The van der Waals surface area contributed by atoms with E-state index < -0.39 is 0 Å². The van der Waals surface area contributed by atoms with Crippen LogP contribution in [0.1, 0.15) is 12.5 Å². The fourth-order valence-electron chi connectivity index (χ4n) is 1.69. The summed E-state index contributed by atoms with van der Waals surface area (Å²) in [5, 5.41) is 0. The average Bonchev–Trinajstić information content (AvgIpc) is 2.23. The summed E-state index contributed by atoms with van der Waals surface area (Å²) >= 11 is 0. The smallest absolute Gasteiger partial charge is 0.0564 e. The number of ether oxygens (including phenoxy) is 2. The molecular formula is C13H18O2. The first-order valence-electron chi connectivity index (χ1n) is 5.48. The molecule has 0 bridgehead atoms. The Labute approximate surface area is 91.2 Å². The lowest BCUT2D eigenvalue weighted by atomic mass is 9.90. The zero-order valence-electron chi connectivity index (χ0n) is 9.24. The van der Waals surface area contributed by atoms with Gasteiger partial charge >= 0.3 is 0 Å². The van der Waals surface area contributed by atoms with Gasteiger partial charge in [-0.15, -0.1) is 0 Å². The van der Waals surface area contributed by atoms with Gasteiger partial charge in [-0.3, -0.25) is 0 Å².